The van der Waals surface area contributed by atoms with Crippen LogP contribution in [0.1, 0.15) is 47.4 Å². The monoisotopic (exact) mass is 351 g/mol. The Hall–Kier alpha value is -1.93. The Labute approximate surface area is 141 Å². The van der Waals surface area contributed by atoms with E-state index in [1.807, 2.05) is 0 Å². The number of carbonyl (C=O) groups excluding carboxylic acids is 2. The third-order valence-corrected chi connectivity index (χ3v) is 6.44. The lowest BCUT2D eigenvalue weighted by Gasteiger charge is -2.19. The highest BCUT2D eigenvalue weighted by molar-refractivity contribution is 7.90. The number of carbonyl (C=O) groups is 2. The molecule has 1 atom stereocenters. The molecular formula is C16H21N3O4S. The molecule has 1 unspecified atom stereocenters. The van der Waals surface area contributed by atoms with Crippen molar-refractivity contribution in [3.8, 4) is 0 Å². The first-order valence-electron chi connectivity index (χ1n) is 8.01. The van der Waals surface area contributed by atoms with E-state index in [4.69, 9.17) is 5.73 Å². The van der Waals surface area contributed by atoms with Crippen LogP contribution in [0.3, 0.4) is 0 Å². The number of nitrogens with zero attached hydrogens (tertiary/aromatic N) is 1. The molecule has 1 aromatic carbocycles. The van der Waals surface area contributed by atoms with E-state index in [0.29, 0.717) is 12.5 Å². The molecule has 1 saturated carbocycles. The smallest absolute Gasteiger partial charge is 0.269 e. The van der Waals surface area contributed by atoms with Gasteiger partial charge < -0.3 is 11.1 Å². The molecule has 2 aliphatic rings. The van der Waals surface area contributed by atoms with Gasteiger partial charge in [0.15, 0.2) is 0 Å². The van der Waals surface area contributed by atoms with Crippen molar-refractivity contribution in [2.45, 2.75) is 43.7 Å². The number of benzene rings is 1. The molecule has 24 heavy (non-hydrogen) atoms. The summed E-state index contributed by atoms with van der Waals surface area (Å²) in [5.41, 5.74) is 6.01. The summed E-state index contributed by atoms with van der Waals surface area (Å²) in [6.45, 7) is 3.62. The SMILES string of the molecule is CC(C)N1C(=O)c2ccc(C(=O)NC(CN)C3CC3)cc2S1(=O)=O. The highest BCUT2D eigenvalue weighted by Gasteiger charge is 2.43. The second-order valence-electron chi connectivity index (χ2n) is 6.56. The van der Waals surface area contributed by atoms with E-state index in [1.54, 1.807) is 13.8 Å². The third-order valence-electron chi connectivity index (χ3n) is 4.44. The predicted molar refractivity (Wildman–Crippen MR) is 88.0 cm³/mol. The van der Waals surface area contributed by atoms with Gasteiger partial charge in [-0.2, -0.15) is 0 Å². The van der Waals surface area contributed by atoms with Crippen LogP contribution in [0.2, 0.25) is 0 Å². The first-order chi connectivity index (χ1) is 11.3. The van der Waals surface area contributed by atoms with E-state index in [1.165, 1.54) is 18.2 Å². The Morgan fingerprint density at radius 1 is 1.38 bits per heavy atom. The Kier molecular flexibility index (Phi) is 4.13. The van der Waals surface area contributed by atoms with Crippen molar-refractivity contribution < 1.29 is 18.0 Å². The molecule has 8 heteroatoms. The number of nitrogens with one attached hydrogen (secondary N) is 1. The largest absolute Gasteiger partial charge is 0.348 e. The molecule has 0 bridgehead atoms. The molecule has 7 nitrogen and oxygen atoms in total. The summed E-state index contributed by atoms with van der Waals surface area (Å²) in [6, 6.07) is 3.58. The molecule has 0 aromatic heterocycles. The van der Waals surface area contributed by atoms with Crippen molar-refractivity contribution in [3.63, 3.8) is 0 Å². The van der Waals surface area contributed by atoms with Gasteiger partial charge in [0.2, 0.25) is 0 Å². The summed E-state index contributed by atoms with van der Waals surface area (Å²) < 4.78 is 26.0. The minimum atomic E-state index is -3.91. The van der Waals surface area contributed by atoms with E-state index in [-0.39, 0.29) is 28.0 Å². The maximum absolute atomic E-state index is 12.6. The molecule has 3 rings (SSSR count). The van der Waals surface area contributed by atoms with Gasteiger partial charge in [0.25, 0.3) is 21.8 Å². The summed E-state index contributed by atoms with van der Waals surface area (Å²) in [7, 11) is -3.91. The minimum Gasteiger partial charge on any atom is -0.348 e. The number of fused-ring (bicyclic) bond motifs is 1. The normalized spacial score (nSPS) is 20.2. The van der Waals surface area contributed by atoms with Crippen LogP contribution in [0, 0.1) is 5.92 Å². The summed E-state index contributed by atoms with van der Waals surface area (Å²) in [5, 5.41) is 2.85. The average Bonchev–Trinajstić information content (AvgIpc) is 3.32. The maximum atomic E-state index is 12.6. The lowest BCUT2D eigenvalue weighted by atomic mass is 10.1. The fraction of sp³-hybridized carbons (Fsp3) is 0.500. The van der Waals surface area contributed by atoms with Crippen LogP contribution in [0.4, 0.5) is 0 Å². The Morgan fingerprint density at radius 3 is 2.58 bits per heavy atom. The molecule has 0 spiro atoms. The van der Waals surface area contributed by atoms with Gasteiger partial charge in [-0.25, -0.2) is 12.7 Å². The number of nitrogens with two attached hydrogens (primary N) is 1. The zero-order valence-corrected chi connectivity index (χ0v) is 14.5. The Bertz CT molecular complexity index is 800. The molecule has 1 aromatic rings. The molecule has 0 radical (unpaired) electrons. The van der Waals surface area contributed by atoms with Crippen molar-refractivity contribution >= 4 is 21.8 Å². The Morgan fingerprint density at radius 2 is 2.04 bits per heavy atom. The second-order valence-corrected chi connectivity index (χ2v) is 8.35. The van der Waals surface area contributed by atoms with Crippen LogP contribution >= 0.6 is 0 Å². The average molecular weight is 351 g/mol. The fourth-order valence-corrected chi connectivity index (χ4v) is 4.81. The molecule has 130 valence electrons. The van der Waals surface area contributed by atoms with Gasteiger partial charge in [0, 0.05) is 24.2 Å². The topological polar surface area (TPSA) is 110 Å². The molecule has 1 heterocycles. The zero-order valence-electron chi connectivity index (χ0n) is 13.7. The van der Waals surface area contributed by atoms with Gasteiger partial charge in [0.1, 0.15) is 4.90 Å². The van der Waals surface area contributed by atoms with Crippen LogP contribution in [-0.2, 0) is 10.0 Å². The van der Waals surface area contributed by atoms with E-state index in [9.17, 15) is 18.0 Å². The van der Waals surface area contributed by atoms with Crippen LogP contribution in [0.25, 0.3) is 0 Å². The standard InChI is InChI=1S/C16H21N3O4S/c1-9(2)19-16(21)12-6-5-11(7-14(12)24(19,22)23)15(20)18-13(8-17)10-3-4-10/h5-7,9-10,13H,3-4,8,17H2,1-2H3,(H,18,20). The summed E-state index contributed by atoms with van der Waals surface area (Å²) in [5.74, 6) is -0.523. The first kappa shape index (κ1) is 16.9. The molecular weight excluding hydrogens is 330 g/mol. The zero-order chi connectivity index (χ0) is 17.6. The van der Waals surface area contributed by atoms with Gasteiger partial charge in [-0.1, -0.05) is 0 Å². The van der Waals surface area contributed by atoms with Gasteiger partial charge >= 0.3 is 0 Å². The molecule has 3 N–H and O–H groups in total. The quantitative estimate of drug-likeness (QED) is 0.812. The highest BCUT2D eigenvalue weighted by Crippen LogP contribution is 2.34. The van der Waals surface area contributed by atoms with Gasteiger partial charge in [-0.3, -0.25) is 9.59 Å². The Balaban J connectivity index is 1.91. The van der Waals surface area contributed by atoms with Crippen molar-refractivity contribution in [1.82, 2.24) is 9.62 Å². The van der Waals surface area contributed by atoms with Crippen molar-refractivity contribution in [2.75, 3.05) is 6.54 Å². The molecule has 1 fully saturated rings. The third kappa shape index (κ3) is 2.69. The highest BCUT2D eigenvalue weighted by atomic mass is 32.2. The minimum absolute atomic E-state index is 0.101. The van der Waals surface area contributed by atoms with Crippen LogP contribution in [0.5, 0.6) is 0 Å². The molecule has 1 aliphatic heterocycles. The number of amides is 2. The first-order valence-corrected chi connectivity index (χ1v) is 9.45. The molecule has 1 aliphatic carbocycles. The fourth-order valence-electron chi connectivity index (χ4n) is 3.02. The lowest BCUT2D eigenvalue weighted by molar-refractivity contribution is 0.0845. The molecule has 0 saturated heterocycles. The van der Waals surface area contributed by atoms with E-state index >= 15 is 0 Å². The number of sulfonamides is 1. The van der Waals surface area contributed by atoms with Crippen molar-refractivity contribution in [3.05, 3.63) is 29.3 Å². The number of hydrogen-bond acceptors (Lipinski definition) is 5. The summed E-state index contributed by atoms with van der Waals surface area (Å²) in [4.78, 5) is 24.6. The maximum Gasteiger partial charge on any atom is 0.269 e. The number of hydrogen-bond donors (Lipinski definition) is 2. The van der Waals surface area contributed by atoms with E-state index in [0.717, 1.165) is 17.1 Å². The van der Waals surface area contributed by atoms with Gasteiger partial charge in [-0.05, 0) is 50.8 Å². The van der Waals surface area contributed by atoms with E-state index in [2.05, 4.69) is 5.32 Å². The number of rotatable bonds is 5. The predicted octanol–water partition coefficient (Wildman–Crippen LogP) is 0.707. The van der Waals surface area contributed by atoms with E-state index < -0.39 is 22.0 Å². The van der Waals surface area contributed by atoms with Crippen molar-refractivity contribution in [2.24, 2.45) is 11.7 Å². The van der Waals surface area contributed by atoms with Crippen molar-refractivity contribution in [1.29, 1.82) is 0 Å². The van der Waals surface area contributed by atoms with Crippen LogP contribution in [-0.4, -0.2) is 43.2 Å². The lowest BCUT2D eigenvalue weighted by Crippen LogP contribution is -2.41. The summed E-state index contributed by atoms with van der Waals surface area (Å²) >= 11 is 0. The van der Waals surface area contributed by atoms with Gasteiger partial charge in [-0.15, -0.1) is 0 Å². The summed E-state index contributed by atoms with van der Waals surface area (Å²) in [6.07, 6.45) is 2.08. The van der Waals surface area contributed by atoms with Gasteiger partial charge in [0.05, 0.1) is 5.56 Å². The second kappa shape index (κ2) is 5.86. The van der Waals surface area contributed by atoms with Crippen LogP contribution < -0.4 is 11.1 Å². The molecule has 2 amide bonds. The van der Waals surface area contributed by atoms with Crippen LogP contribution in [0.15, 0.2) is 23.1 Å².